The van der Waals surface area contributed by atoms with Crippen LogP contribution in [-0.2, 0) is 4.79 Å². The number of nitrogens with one attached hydrogen (secondary N) is 2. The van der Waals surface area contributed by atoms with Crippen LogP contribution in [0, 0.1) is 12.8 Å². The highest BCUT2D eigenvalue weighted by molar-refractivity contribution is 5.92. The summed E-state index contributed by atoms with van der Waals surface area (Å²) in [5.41, 5.74) is 1.87. The Labute approximate surface area is 108 Å². The Hall–Kier alpha value is -1.55. The van der Waals surface area contributed by atoms with Gasteiger partial charge < -0.3 is 15.4 Å². The maximum absolute atomic E-state index is 12.1. The van der Waals surface area contributed by atoms with E-state index in [9.17, 15) is 4.79 Å². The number of piperidine rings is 1. The molecule has 18 heavy (non-hydrogen) atoms. The third-order valence-corrected chi connectivity index (χ3v) is 3.37. The average molecular weight is 248 g/mol. The number of hydrogen-bond acceptors (Lipinski definition) is 3. The van der Waals surface area contributed by atoms with Crippen LogP contribution in [0.3, 0.4) is 0 Å². The molecule has 1 aromatic rings. The van der Waals surface area contributed by atoms with Crippen LogP contribution >= 0.6 is 0 Å². The summed E-state index contributed by atoms with van der Waals surface area (Å²) in [4.78, 5) is 12.1. The van der Waals surface area contributed by atoms with Crippen molar-refractivity contribution in [2.75, 3.05) is 25.5 Å². The van der Waals surface area contributed by atoms with E-state index in [0.717, 1.165) is 42.9 Å². The second kappa shape index (κ2) is 5.87. The number of amides is 1. The van der Waals surface area contributed by atoms with E-state index >= 15 is 0 Å². The fraction of sp³-hybridized carbons (Fsp3) is 0.500. The highest BCUT2D eigenvalue weighted by atomic mass is 16.5. The van der Waals surface area contributed by atoms with Gasteiger partial charge in [-0.15, -0.1) is 0 Å². The Balaban J connectivity index is 2.00. The molecule has 1 aliphatic heterocycles. The van der Waals surface area contributed by atoms with E-state index in [-0.39, 0.29) is 11.8 Å². The van der Waals surface area contributed by atoms with Gasteiger partial charge in [-0.05, 0) is 56.6 Å². The summed E-state index contributed by atoms with van der Waals surface area (Å²) in [5.74, 6) is 1.10. The third-order valence-electron chi connectivity index (χ3n) is 3.37. The van der Waals surface area contributed by atoms with Crippen LogP contribution in [0.5, 0.6) is 5.75 Å². The first-order chi connectivity index (χ1) is 8.70. The van der Waals surface area contributed by atoms with Crippen molar-refractivity contribution in [2.45, 2.75) is 19.8 Å². The van der Waals surface area contributed by atoms with Gasteiger partial charge in [0.1, 0.15) is 5.75 Å². The van der Waals surface area contributed by atoms with E-state index < -0.39 is 0 Å². The molecule has 2 N–H and O–H groups in total. The Morgan fingerprint density at radius 1 is 1.39 bits per heavy atom. The Bertz CT molecular complexity index is 426. The molecule has 0 aromatic heterocycles. The molecule has 0 aliphatic carbocycles. The normalized spacial score (nSPS) is 16.3. The number of anilines is 1. The molecule has 1 saturated heterocycles. The lowest BCUT2D eigenvalue weighted by Crippen LogP contribution is -2.34. The molecule has 0 radical (unpaired) electrons. The molecule has 1 aliphatic rings. The molecule has 0 unspecified atom stereocenters. The maximum Gasteiger partial charge on any atom is 0.227 e. The van der Waals surface area contributed by atoms with Crippen LogP contribution in [0.15, 0.2) is 18.2 Å². The van der Waals surface area contributed by atoms with Gasteiger partial charge in [-0.3, -0.25) is 4.79 Å². The number of carbonyl (C=O) groups is 1. The van der Waals surface area contributed by atoms with Gasteiger partial charge in [0.15, 0.2) is 0 Å². The van der Waals surface area contributed by atoms with Crippen molar-refractivity contribution in [1.82, 2.24) is 5.32 Å². The molecule has 0 atom stereocenters. The summed E-state index contributed by atoms with van der Waals surface area (Å²) in [5, 5.41) is 6.24. The first-order valence-corrected chi connectivity index (χ1v) is 6.37. The first kappa shape index (κ1) is 12.9. The monoisotopic (exact) mass is 248 g/mol. The molecule has 2 rings (SSSR count). The van der Waals surface area contributed by atoms with Crippen molar-refractivity contribution in [2.24, 2.45) is 5.92 Å². The van der Waals surface area contributed by atoms with Crippen molar-refractivity contribution >= 4 is 11.6 Å². The molecule has 1 heterocycles. The highest BCUT2D eigenvalue weighted by Crippen LogP contribution is 2.22. The van der Waals surface area contributed by atoms with Crippen molar-refractivity contribution in [1.29, 1.82) is 0 Å². The number of aryl methyl sites for hydroxylation is 1. The minimum Gasteiger partial charge on any atom is -0.496 e. The molecule has 1 fully saturated rings. The standard InChI is InChI=1S/C14H20N2O2/c1-10-9-12(3-4-13(10)18-2)16-14(17)11-5-7-15-8-6-11/h3-4,9,11,15H,5-8H2,1-2H3,(H,16,17). The fourth-order valence-electron chi connectivity index (χ4n) is 2.28. The van der Waals surface area contributed by atoms with E-state index in [1.54, 1.807) is 7.11 Å². The number of carbonyl (C=O) groups excluding carboxylic acids is 1. The molecule has 1 amide bonds. The molecule has 0 spiro atoms. The fourth-order valence-corrected chi connectivity index (χ4v) is 2.28. The predicted octanol–water partition coefficient (Wildman–Crippen LogP) is 1.94. The van der Waals surface area contributed by atoms with Gasteiger partial charge >= 0.3 is 0 Å². The minimum atomic E-state index is 0.126. The van der Waals surface area contributed by atoms with Crippen molar-refractivity contribution in [3.8, 4) is 5.75 Å². The van der Waals surface area contributed by atoms with Gasteiger partial charge in [-0.1, -0.05) is 0 Å². The summed E-state index contributed by atoms with van der Waals surface area (Å²) in [6.45, 7) is 3.83. The second-order valence-corrected chi connectivity index (χ2v) is 4.70. The number of ether oxygens (including phenoxy) is 1. The van der Waals surface area contributed by atoms with Crippen LogP contribution < -0.4 is 15.4 Å². The van der Waals surface area contributed by atoms with Crippen molar-refractivity contribution in [3.63, 3.8) is 0 Å². The quantitative estimate of drug-likeness (QED) is 0.859. The van der Waals surface area contributed by atoms with Crippen LogP contribution in [0.1, 0.15) is 18.4 Å². The van der Waals surface area contributed by atoms with Gasteiger partial charge in [0.2, 0.25) is 5.91 Å². The highest BCUT2D eigenvalue weighted by Gasteiger charge is 2.20. The Morgan fingerprint density at radius 2 is 2.11 bits per heavy atom. The number of benzene rings is 1. The van der Waals surface area contributed by atoms with Gasteiger partial charge in [0.25, 0.3) is 0 Å². The summed E-state index contributed by atoms with van der Waals surface area (Å²) in [7, 11) is 1.65. The molecular weight excluding hydrogens is 228 g/mol. The molecule has 1 aromatic carbocycles. The van der Waals surface area contributed by atoms with Crippen molar-refractivity contribution < 1.29 is 9.53 Å². The summed E-state index contributed by atoms with van der Waals surface area (Å²) in [6, 6.07) is 5.70. The zero-order valence-electron chi connectivity index (χ0n) is 11.0. The maximum atomic E-state index is 12.1. The Morgan fingerprint density at radius 3 is 2.72 bits per heavy atom. The summed E-state index contributed by atoms with van der Waals surface area (Å²) >= 11 is 0. The Kier molecular flexibility index (Phi) is 4.20. The van der Waals surface area contributed by atoms with Crippen LogP contribution in [0.2, 0.25) is 0 Å². The average Bonchev–Trinajstić information content (AvgIpc) is 2.40. The van der Waals surface area contributed by atoms with Crippen molar-refractivity contribution in [3.05, 3.63) is 23.8 Å². The van der Waals surface area contributed by atoms with E-state index in [4.69, 9.17) is 4.74 Å². The van der Waals surface area contributed by atoms with Crippen LogP contribution in [0.25, 0.3) is 0 Å². The zero-order valence-corrected chi connectivity index (χ0v) is 11.0. The molecule has 4 heteroatoms. The van der Waals surface area contributed by atoms with Gasteiger partial charge in [0.05, 0.1) is 7.11 Å². The molecular formula is C14H20N2O2. The van der Waals surface area contributed by atoms with E-state index in [2.05, 4.69) is 10.6 Å². The van der Waals surface area contributed by atoms with Crippen LogP contribution in [0.4, 0.5) is 5.69 Å². The number of rotatable bonds is 3. The summed E-state index contributed by atoms with van der Waals surface area (Å²) < 4.78 is 5.20. The number of hydrogen-bond donors (Lipinski definition) is 2. The molecule has 98 valence electrons. The molecule has 4 nitrogen and oxygen atoms in total. The second-order valence-electron chi connectivity index (χ2n) is 4.70. The SMILES string of the molecule is COc1ccc(NC(=O)C2CCNCC2)cc1C. The molecule has 0 bridgehead atoms. The summed E-state index contributed by atoms with van der Waals surface area (Å²) in [6.07, 6.45) is 1.84. The largest absolute Gasteiger partial charge is 0.496 e. The zero-order chi connectivity index (χ0) is 13.0. The van der Waals surface area contributed by atoms with E-state index in [1.807, 2.05) is 25.1 Å². The topological polar surface area (TPSA) is 50.4 Å². The van der Waals surface area contributed by atoms with Crippen LogP contribution in [-0.4, -0.2) is 26.1 Å². The minimum absolute atomic E-state index is 0.126. The van der Waals surface area contributed by atoms with Gasteiger partial charge in [-0.2, -0.15) is 0 Å². The smallest absolute Gasteiger partial charge is 0.227 e. The first-order valence-electron chi connectivity index (χ1n) is 6.37. The molecule has 0 saturated carbocycles. The lowest BCUT2D eigenvalue weighted by molar-refractivity contribution is -0.120. The lowest BCUT2D eigenvalue weighted by atomic mass is 9.97. The van der Waals surface area contributed by atoms with Gasteiger partial charge in [0, 0.05) is 11.6 Å². The van der Waals surface area contributed by atoms with E-state index in [0.29, 0.717) is 0 Å². The van der Waals surface area contributed by atoms with Gasteiger partial charge in [-0.25, -0.2) is 0 Å². The predicted molar refractivity (Wildman–Crippen MR) is 72.0 cm³/mol. The lowest BCUT2D eigenvalue weighted by Gasteiger charge is -2.21. The van der Waals surface area contributed by atoms with E-state index in [1.165, 1.54) is 0 Å². The number of methoxy groups -OCH3 is 1. The third kappa shape index (κ3) is 3.01.